The predicted octanol–water partition coefficient (Wildman–Crippen LogP) is 0.0158. The van der Waals surface area contributed by atoms with Crippen LogP contribution < -0.4 is 26.4 Å². The molecule has 80 valence electrons. The molecule has 1 aromatic rings. The highest BCUT2D eigenvalue weighted by Gasteiger charge is 2.16. The highest BCUT2D eigenvalue weighted by Crippen LogP contribution is 2.15. The molecule has 4 N–H and O–H groups in total. The first-order valence-electron chi connectivity index (χ1n) is 4.50. The monoisotopic (exact) mass is 208 g/mol. The van der Waals surface area contributed by atoms with E-state index in [-0.39, 0.29) is 12.2 Å². The summed E-state index contributed by atoms with van der Waals surface area (Å²) in [6.45, 7) is 0. The number of hydrogen-bond donors (Lipinski definition) is 4. The number of carbonyl (C=O) groups is 1. The average Bonchev–Trinajstić information content (AvgIpc) is 2.30. The van der Waals surface area contributed by atoms with Gasteiger partial charge in [-0.15, -0.1) is 0 Å². The SMILES string of the molecule is COc1ccc(C2NNC(=O)NN2)cc1. The molecule has 0 aliphatic carbocycles. The van der Waals surface area contributed by atoms with Crippen LogP contribution in [0.25, 0.3) is 0 Å². The van der Waals surface area contributed by atoms with Gasteiger partial charge in [0.15, 0.2) is 0 Å². The Bertz CT molecular complexity index is 342. The maximum absolute atomic E-state index is 10.8. The van der Waals surface area contributed by atoms with Gasteiger partial charge in [0.25, 0.3) is 0 Å². The van der Waals surface area contributed by atoms with E-state index in [0.29, 0.717) is 0 Å². The third kappa shape index (κ3) is 2.17. The Hall–Kier alpha value is -1.79. The maximum Gasteiger partial charge on any atom is 0.343 e. The predicted molar refractivity (Wildman–Crippen MR) is 53.7 cm³/mol. The van der Waals surface area contributed by atoms with Crippen LogP contribution in [0.15, 0.2) is 24.3 Å². The number of rotatable bonds is 2. The van der Waals surface area contributed by atoms with Gasteiger partial charge in [-0.2, -0.15) is 0 Å². The second-order valence-electron chi connectivity index (χ2n) is 3.07. The Morgan fingerprint density at radius 3 is 2.27 bits per heavy atom. The quantitative estimate of drug-likeness (QED) is 0.552. The van der Waals surface area contributed by atoms with Crippen molar-refractivity contribution in [3.63, 3.8) is 0 Å². The standard InChI is InChI=1S/C9H12N4O2/c1-15-7-4-2-6(3-5-7)8-10-12-9(14)13-11-8/h2-5,8,10-11H,1H3,(H2,12,13,14). The van der Waals surface area contributed by atoms with E-state index in [0.717, 1.165) is 11.3 Å². The molecule has 0 bridgehead atoms. The Morgan fingerprint density at radius 2 is 1.73 bits per heavy atom. The average molecular weight is 208 g/mol. The number of urea groups is 1. The zero-order chi connectivity index (χ0) is 10.7. The van der Waals surface area contributed by atoms with Crippen molar-refractivity contribution in [1.29, 1.82) is 0 Å². The van der Waals surface area contributed by atoms with Gasteiger partial charge in [-0.1, -0.05) is 12.1 Å². The maximum atomic E-state index is 10.8. The van der Waals surface area contributed by atoms with E-state index >= 15 is 0 Å². The van der Waals surface area contributed by atoms with Gasteiger partial charge in [0.2, 0.25) is 0 Å². The molecule has 1 aliphatic heterocycles. The lowest BCUT2D eigenvalue weighted by Crippen LogP contribution is -2.61. The third-order valence-corrected chi connectivity index (χ3v) is 2.11. The van der Waals surface area contributed by atoms with Crippen LogP contribution >= 0.6 is 0 Å². The van der Waals surface area contributed by atoms with E-state index in [2.05, 4.69) is 21.7 Å². The molecule has 0 unspecified atom stereocenters. The molecule has 6 nitrogen and oxygen atoms in total. The highest BCUT2D eigenvalue weighted by molar-refractivity contribution is 5.73. The van der Waals surface area contributed by atoms with Gasteiger partial charge in [-0.25, -0.2) is 15.6 Å². The van der Waals surface area contributed by atoms with Crippen LogP contribution in [0.1, 0.15) is 11.7 Å². The lowest BCUT2D eigenvalue weighted by atomic mass is 10.2. The van der Waals surface area contributed by atoms with Crippen molar-refractivity contribution in [2.75, 3.05) is 7.11 Å². The number of methoxy groups -OCH3 is 1. The van der Waals surface area contributed by atoms with Gasteiger partial charge >= 0.3 is 6.03 Å². The summed E-state index contributed by atoms with van der Waals surface area (Å²) >= 11 is 0. The van der Waals surface area contributed by atoms with E-state index in [1.165, 1.54) is 0 Å². The van der Waals surface area contributed by atoms with E-state index in [9.17, 15) is 4.79 Å². The summed E-state index contributed by atoms with van der Waals surface area (Å²) in [4.78, 5) is 10.8. The number of hydrogen-bond acceptors (Lipinski definition) is 4. The van der Waals surface area contributed by atoms with Crippen LogP contribution in [0.4, 0.5) is 4.79 Å². The van der Waals surface area contributed by atoms with E-state index in [1.807, 2.05) is 24.3 Å². The summed E-state index contributed by atoms with van der Waals surface area (Å²) in [5, 5.41) is 0. The lowest BCUT2D eigenvalue weighted by Gasteiger charge is -2.26. The third-order valence-electron chi connectivity index (χ3n) is 2.11. The Labute approximate surface area is 86.9 Å². The minimum atomic E-state index is -0.306. The molecule has 1 aromatic carbocycles. The van der Waals surface area contributed by atoms with Crippen LogP contribution in [-0.2, 0) is 0 Å². The largest absolute Gasteiger partial charge is 0.497 e. The van der Waals surface area contributed by atoms with Gasteiger partial charge < -0.3 is 4.74 Å². The fourth-order valence-electron chi connectivity index (χ4n) is 1.31. The van der Waals surface area contributed by atoms with Crippen molar-refractivity contribution in [3.05, 3.63) is 29.8 Å². The zero-order valence-electron chi connectivity index (χ0n) is 8.20. The molecule has 15 heavy (non-hydrogen) atoms. The number of amides is 2. The molecule has 1 saturated heterocycles. The Kier molecular flexibility index (Phi) is 2.70. The second kappa shape index (κ2) is 4.16. The second-order valence-corrected chi connectivity index (χ2v) is 3.07. The van der Waals surface area contributed by atoms with Crippen LogP contribution in [0.3, 0.4) is 0 Å². The normalized spacial score (nSPS) is 16.7. The number of nitrogens with one attached hydrogen (secondary N) is 4. The number of ether oxygens (including phenoxy) is 1. The molecule has 2 rings (SSSR count). The minimum absolute atomic E-state index is 0.159. The summed E-state index contributed by atoms with van der Waals surface area (Å²) < 4.78 is 5.05. The first kappa shape index (κ1) is 9.75. The summed E-state index contributed by atoms with van der Waals surface area (Å²) in [6.07, 6.45) is -0.159. The zero-order valence-corrected chi connectivity index (χ0v) is 8.20. The van der Waals surface area contributed by atoms with Gasteiger partial charge in [-0.3, -0.25) is 10.9 Å². The summed E-state index contributed by atoms with van der Waals surface area (Å²) in [7, 11) is 1.62. The fraction of sp³-hybridized carbons (Fsp3) is 0.222. The van der Waals surface area contributed by atoms with E-state index in [4.69, 9.17) is 4.74 Å². The van der Waals surface area contributed by atoms with Crippen molar-refractivity contribution >= 4 is 6.03 Å². The molecule has 0 spiro atoms. The molecule has 1 heterocycles. The molecule has 0 radical (unpaired) electrons. The number of benzene rings is 1. The van der Waals surface area contributed by atoms with Gasteiger partial charge in [0, 0.05) is 0 Å². The van der Waals surface area contributed by atoms with Crippen molar-refractivity contribution in [3.8, 4) is 5.75 Å². The summed E-state index contributed by atoms with van der Waals surface area (Å²) in [5.74, 6) is 0.798. The van der Waals surface area contributed by atoms with Gasteiger partial charge in [0.1, 0.15) is 11.9 Å². The van der Waals surface area contributed by atoms with Crippen LogP contribution in [0.2, 0.25) is 0 Å². The topological polar surface area (TPSA) is 74.4 Å². The molecule has 1 fully saturated rings. The molecule has 1 aliphatic rings. The minimum Gasteiger partial charge on any atom is -0.497 e. The van der Waals surface area contributed by atoms with Crippen LogP contribution in [-0.4, -0.2) is 13.1 Å². The molecule has 0 saturated carbocycles. The number of hydrazine groups is 2. The fourth-order valence-corrected chi connectivity index (χ4v) is 1.31. The first-order chi connectivity index (χ1) is 7.29. The van der Waals surface area contributed by atoms with E-state index < -0.39 is 0 Å². The van der Waals surface area contributed by atoms with E-state index in [1.54, 1.807) is 7.11 Å². The van der Waals surface area contributed by atoms with Crippen molar-refractivity contribution in [2.45, 2.75) is 6.17 Å². The van der Waals surface area contributed by atoms with Gasteiger partial charge in [0.05, 0.1) is 7.11 Å². The molecule has 6 heteroatoms. The lowest BCUT2D eigenvalue weighted by molar-refractivity contribution is 0.204. The highest BCUT2D eigenvalue weighted by atomic mass is 16.5. The number of carbonyl (C=O) groups excluding carboxylic acids is 1. The molecule has 0 atom stereocenters. The Morgan fingerprint density at radius 1 is 1.13 bits per heavy atom. The van der Waals surface area contributed by atoms with Crippen molar-refractivity contribution in [1.82, 2.24) is 21.7 Å². The van der Waals surface area contributed by atoms with Crippen LogP contribution in [0, 0.1) is 0 Å². The van der Waals surface area contributed by atoms with Crippen molar-refractivity contribution in [2.24, 2.45) is 0 Å². The van der Waals surface area contributed by atoms with Crippen LogP contribution in [0.5, 0.6) is 5.75 Å². The first-order valence-corrected chi connectivity index (χ1v) is 4.50. The molecule has 0 aromatic heterocycles. The Balaban J connectivity index is 2.06. The van der Waals surface area contributed by atoms with Crippen molar-refractivity contribution < 1.29 is 9.53 Å². The molecular weight excluding hydrogens is 196 g/mol. The smallest absolute Gasteiger partial charge is 0.343 e. The van der Waals surface area contributed by atoms with Gasteiger partial charge in [-0.05, 0) is 17.7 Å². The summed E-state index contributed by atoms with van der Waals surface area (Å²) in [5.41, 5.74) is 11.5. The molecule has 2 amide bonds. The molecular formula is C9H12N4O2. The summed E-state index contributed by atoms with van der Waals surface area (Å²) in [6, 6.07) is 7.22.